The van der Waals surface area contributed by atoms with Gasteiger partial charge in [-0.2, -0.15) is 12.6 Å². The standard InChI is InChI=1S/C8H15S/c9-7-6-8-4-2-1-3-5-8/h7-9H,1-6H2. The third-order valence-corrected chi connectivity index (χ3v) is 2.37. The van der Waals surface area contributed by atoms with Crippen LogP contribution in [-0.2, 0) is 0 Å². The molecule has 0 heterocycles. The molecule has 0 spiro atoms. The van der Waals surface area contributed by atoms with Crippen LogP contribution in [0.5, 0.6) is 0 Å². The summed E-state index contributed by atoms with van der Waals surface area (Å²) in [5.74, 6) is 2.98. The summed E-state index contributed by atoms with van der Waals surface area (Å²) in [6.07, 6.45) is 8.47. The fourth-order valence-electron chi connectivity index (χ4n) is 1.57. The van der Waals surface area contributed by atoms with E-state index in [1.54, 1.807) is 0 Å². The van der Waals surface area contributed by atoms with Gasteiger partial charge < -0.3 is 0 Å². The Hall–Kier alpha value is 0.350. The van der Waals surface area contributed by atoms with Crippen molar-refractivity contribution in [3.8, 4) is 0 Å². The second-order valence-corrected chi connectivity index (χ2v) is 3.29. The van der Waals surface area contributed by atoms with E-state index in [9.17, 15) is 0 Å². The van der Waals surface area contributed by atoms with E-state index < -0.39 is 0 Å². The molecule has 0 aliphatic heterocycles. The highest BCUT2D eigenvalue weighted by Crippen LogP contribution is 2.27. The van der Waals surface area contributed by atoms with E-state index in [2.05, 4.69) is 12.6 Å². The summed E-state index contributed by atoms with van der Waals surface area (Å²) in [7, 11) is 0. The van der Waals surface area contributed by atoms with Crippen molar-refractivity contribution in [2.24, 2.45) is 5.92 Å². The van der Waals surface area contributed by atoms with Gasteiger partial charge in [-0.1, -0.05) is 32.1 Å². The molecule has 1 radical (unpaired) electrons. The molecule has 1 saturated carbocycles. The topological polar surface area (TPSA) is 0 Å². The second kappa shape index (κ2) is 4.21. The summed E-state index contributed by atoms with van der Waals surface area (Å²) in [5.41, 5.74) is 0. The van der Waals surface area contributed by atoms with Crippen LogP contribution in [0.25, 0.3) is 0 Å². The zero-order chi connectivity index (χ0) is 6.53. The number of hydrogen-bond acceptors (Lipinski definition) is 1. The van der Waals surface area contributed by atoms with Crippen molar-refractivity contribution in [3.63, 3.8) is 0 Å². The van der Waals surface area contributed by atoms with Gasteiger partial charge in [-0.25, -0.2) is 0 Å². The van der Waals surface area contributed by atoms with Gasteiger partial charge in [0.1, 0.15) is 0 Å². The Labute approximate surface area is 63.4 Å². The minimum atomic E-state index is 0.969. The predicted octanol–water partition coefficient (Wildman–Crippen LogP) is 3.05. The van der Waals surface area contributed by atoms with Crippen molar-refractivity contribution in [2.75, 3.05) is 0 Å². The summed E-state index contributed by atoms with van der Waals surface area (Å²) in [4.78, 5) is 0. The highest BCUT2D eigenvalue weighted by molar-refractivity contribution is 7.82. The van der Waals surface area contributed by atoms with Crippen LogP contribution >= 0.6 is 12.6 Å². The van der Waals surface area contributed by atoms with Crippen LogP contribution in [0.2, 0.25) is 0 Å². The molecule has 0 N–H and O–H groups in total. The fourth-order valence-corrected chi connectivity index (χ4v) is 1.87. The van der Waals surface area contributed by atoms with Gasteiger partial charge in [0.15, 0.2) is 0 Å². The molecule has 9 heavy (non-hydrogen) atoms. The Balaban J connectivity index is 2.08. The van der Waals surface area contributed by atoms with E-state index in [1.807, 2.05) is 5.75 Å². The molecule has 53 valence electrons. The lowest BCUT2D eigenvalue weighted by Crippen LogP contribution is -2.04. The molecule has 0 aromatic heterocycles. The van der Waals surface area contributed by atoms with E-state index in [-0.39, 0.29) is 0 Å². The Morgan fingerprint density at radius 3 is 2.44 bits per heavy atom. The summed E-state index contributed by atoms with van der Waals surface area (Å²) in [6, 6.07) is 0. The molecule has 0 nitrogen and oxygen atoms in total. The molecule has 0 aromatic carbocycles. The lowest BCUT2D eigenvalue weighted by Gasteiger charge is -2.19. The van der Waals surface area contributed by atoms with E-state index in [4.69, 9.17) is 0 Å². The lowest BCUT2D eigenvalue weighted by molar-refractivity contribution is 0.359. The van der Waals surface area contributed by atoms with Crippen LogP contribution in [0.1, 0.15) is 38.5 Å². The maximum absolute atomic E-state index is 4.11. The Kier molecular flexibility index (Phi) is 3.49. The average molecular weight is 143 g/mol. The minimum Gasteiger partial charge on any atom is -0.175 e. The molecule has 0 unspecified atom stereocenters. The maximum Gasteiger partial charge on any atom is 0.0136 e. The molecule has 0 amide bonds. The van der Waals surface area contributed by atoms with Crippen LogP contribution < -0.4 is 0 Å². The Bertz CT molecular complexity index is 62.2. The molecule has 0 saturated heterocycles. The van der Waals surface area contributed by atoms with E-state index in [0.29, 0.717) is 0 Å². The first-order valence-corrected chi connectivity index (χ1v) is 4.41. The number of hydrogen-bond donors (Lipinski definition) is 1. The highest BCUT2D eigenvalue weighted by atomic mass is 32.1. The Morgan fingerprint density at radius 2 is 1.89 bits per heavy atom. The molecule has 1 aliphatic carbocycles. The van der Waals surface area contributed by atoms with Crippen LogP contribution in [0.15, 0.2) is 0 Å². The molecule has 1 fully saturated rings. The first kappa shape index (κ1) is 7.46. The number of rotatable bonds is 2. The van der Waals surface area contributed by atoms with Crippen LogP contribution in [-0.4, -0.2) is 0 Å². The van der Waals surface area contributed by atoms with Gasteiger partial charge in [-0.05, 0) is 12.3 Å². The molecular weight excluding hydrogens is 128 g/mol. The van der Waals surface area contributed by atoms with Crippen molar-refractivity contribution < 1.29 is 0 Å². The zero-order valence-electron chi connectivity index (χ0n) is 5.84. The maximum atomic E-state index is 4.11. The fraction of sp³-hybridized carbons (Fsp3) is 0.875. The van der Waals surface area contributed by atoms with Crippen molar-refractivity contribution in [3.05, 3.63) is 5.75 Å². The second-order valence-electron chi connectivity index (χ2n) is 2.92. The summed E-state index contributed by atoms with van der Waals surface area (Å²) >= 11 is 4.11. The SMILES string of the molecule is S[CH]CC1CCCCC1. The largest absolute Gasteiger partial charge is 0.175 e. The smallest absolute Gasteiger partial charge is 0.0136 e. The molecule has 1 aliphatic rings. The van der Waals surface area contributed by atoms with Gasteiger partial charge in [0.05, 0.1) is 0 Å². The molecule has 1 rings (SSSR count). The van der Waals surface area contributed by atoms with Gasteiger partial charge in [0.2, 0.25) is 0 Å². The third kappa shape index (κ3) is 2.61. The van der Waals surface area contributed by atoms with Crippen molar-refractivity contribution in [2.45, 2.75) is 38.5 Å². The molecular formula is C8H15S. The van der Waals surface area contributed by atoms with Gasteiger partial charge >= 0.3 is 0 Å². The quantitative estimate of drug-likeness (QED) is 0.564. The average Bonchev–Trinajstić information content (AvgIpc) is 1.91. The molecule has 0 atom stereocenters. The summed E-state index contributed by atoms with van der Waals surface area (Å²) in [6.45, 7) is 0. The minimum absolute atomic E-state index is 0.969. The predicted molar refractivity (Wildman–Crippen MR) is 44.5 cm³/mol. The van der Waals surface area contributed by atoms with E-state index in [1.165, 1.54) is 38.5 Å². The van der Waals surface area contributed by atoms with Gasteiger partial charge in [0, 0.05) is 5.75 Å². The third-order valence-electron chi connectivity index (χ3n) is 2.16. The van der Waals surface area contributed by atoms with E-state index >= 15 is 0 Å². The van der Waals surface area contributed by atoms with Crippen molar-refractivity contribution in [1.29, 1.82) is 0 Å². The van der Waals surface area contributed by atoms with Crippen molar-refractivity contribution in [1.82, 2.24) is 0 Å². The molecule has 1 heteroatoms. The summed E-state index contributed by atoms with van der Waals surface area (Å²) < 4.78 is 0. The normalized spacial score (nSPS) is 22.3. The first-order valence-electron chi connectivity index (χ1n) is 3.89. The lowest BCUT2D eigenvalue weighted by atomic mass is 9.88. The van der Waals surface area contributed by atoms with Gasteiger partial charge in [-0.15, -0.1) is 0 Å². The summed E-state index contributed by atoms with van der Waals surface area (Å²) in [5, 5.41) is 0. The Morgan fingerprint density at radius 1 is 1.22 bits per heavy atom. The first-order chi connectivity index (χ1) is 4.43. The van der Waals surface area contributed by atoms with E-state index in [0.717, 1.165) is 5.92 Å². The number of thiol groups is 1. The van der Waals surface area contributed by atoms with Crippen molar-refractivity contribution >= 4 is 12.6 Å². The van der Waals surface area contributed by atoms with Crippen LogP contribution in [0.3, 0.4) is 0 Å². The molecule has 0 aromatic rings. The zero-order valence-corrected chi connectivity index (χ0v) is 6.74. The monoisotopic (exact) mass is 143 g/mol. The highest BCUT2D eigenvalue weighted by Gasteiger charge is 2.11. The van der Waals surface area contributed by atoms with Crippen LogP contribution in [0, 0.1) is 11.7 Å². The van der Waals surface area contributed by atoms with Crippen LogP contribution in [0.4, 0.5) is 0 Å². The molecule has 0 bridgehead atoms. The van der Waals surface area contributed by atoms with Gasteiger partial charge in [0.25, 0.3) is 0 Å². The van der Waals surface area contributed by atoms with Gasteiger partial charge in [-0.3, -0.25) is 0 Å².